The Morgan fingerprint density at radius 3 is 2.37 bits per heavy atom. The van der Waals surface area contributed by atoms with Crippen LogP contribution < -0.4 is 5.73 Å². The number of nitrogen functional groups attached to an aromatic ring is 1. The van der Waals surface area contributed by atoms with Gasteiger partial charge in [0.25, 0.3) is 0 Å². The maximum atomic E-state index is 5.92. The summed E-state index contributed by atoms with van der Waals surface area (Å²) >= 11 is 0. The molecule has 3 heteroatoms. The van der Waals surface area contributed by atoms with Crippen LogP contribution >= 0.6 is 0 Å². The SMILES string of the molecule is Cc1nc(-c2ccc3ccccc3c2)nc(N)c1C. The number of benzene rings is 2. The third-order valence-electron chi connectivity index (χ3n) is 3.43. The van der Waals surface area contributed by atoms with Crippen molar-refractivity contribution in [3.63, 3.8) is 0 Å². The summed E-state index contributed by atoms with van der Waals surface area (Å²) in [6.45, 7) is 3.90. The minimum Gasteiger partial charge on any atom is -0.383 e. The van der Waals surface area contributed by atoms with Crippen LogP contribution in [0.2, 0.25) is 0 Å². The number of aromatic nitrogens is 2. The van der Waals surface area contributed by atoms with Gasteiger partial charge in [0, 0.05) is 16.8 Å². The van der Waals surface area contributed by atoms with Crippen molar-refractivity contribution >= 4 is 16.6 Å². The first-order chi connectivity index (χ1) is 9.15. The molecule has 3 nitrogen and oxygen atoms in total. The molecule has 2 N–H and O–H groups in total. The number of nitrogens with two attached hydrogens (primary N) is 1. The van der Waals surface area contributed by atoms with Crippen LogP contribution in [0.1, 0.15) is 11.3 Å². The van der Waals surface area contributed by atoms with E-state index in [2.05, 4.69) is 34.2 Å². The number of rotatable bonds is 1. The zero-order valence-electron chi connectivity index (χ0n) is 11.0. The number of anilines is 1. The topological polar surface area (TPSA) is 51.8 Å². The Hall–Kier alpha value is -2.42. The van der Waals surface area contributed by atoms with Crippen molar-refractivity contribution in [2.45, 2.75) is 13.8 Å². The summed E-state index contributed by atoms with van der Waals surface area (Å²) in [7, 11) is 0. The van der Waals surface area contributed by atoms with E-state index >= 15 is 0 Å². The maximum Gasteiger partial charge on any atom is 0.161 e. The van der Waals surface area contributed by atoms with Crippen LogP contribution in [0.15, 0.2) is 42.5 Å². The van der Waals surface area contributed by atoms with Crippen molar-refractivity contribution in [1.29, 1.82) is 0 Å². The normalized spacial score (nSPS) is 10.8. The Morgan fingerprint density at radius 1 is 0.895 bits per heavy atom. The van der Waals surface area contributed by atoms with E-state index in [0.29, 0.717) is 11.6 Å². The average Bonchev–Trinajstić information content (AvgIpc) is 2.43. The Kier molecular flexibility index (Phi) is 2.67. The molecular weight excluding hydrogens is 234 g/mol. The van der Waals surface area contributed by atoms with Gasteiger partial charge < -0.3 is 5.73 Å². The highest BCUT2D eigenvalue weighted by Crippen LogP contribution is 2.24. The van der Waals surface area contributed by atoms with Gasteiger partial charge in [0.05, 0.1) is 0 Å². The molecule has 94 valence electrons. The minimum absolute atomic E-state index is 0.552. The number of hydrogen-bond acceptors (Lipinski definition) is 3. The number of hydrogen-bond donors (Lipinski definition) is 1. The van der Waals surface area contributed by atoms with Gasteiger partial charge in [0.1, 0.15) is 5.82 Å². The molecule has 3 aromatic rings. The number of aryl methyl sites for hydroxylation is 1. The van der Waals surface area contributed by atoms with E-state index in [4.69, 9.17) is 5.73 Å². The summed E-state index contributed by atoms with van der Waals surface area (Å²) in [4.78, 5) is 8.90. The van der Waals surface area contributed by atoms with E-state index in [1.54, 1.807) is 0 Å². The van der Waals surface area contributed by atoms with E-state index in [1.165, 1.54) is 10.8 Å². The van der Waals surface area contributed by atoms with Crippen molar-refractivity contribution in [1.82, 2.24) is 9.97 Å². The highest BCUT2D eigenvalue weighted by Gasteiger charge is 2.07. The molecule has 0 amide bonds. The first-order valence-corrected chi connectivity index (χ1v) is 6.25. The molecule has 19 heavy (non-hydrogen) atoms. The van der Waals surface area contributed by atoms with Crippen LogP contribution in [0.4, 0.5) is 5.82 Å². The van der Waals surface area contributed by atoms with Crippen LogP contribution in [-0.2, 0) is 0 Å². The lowest BCUT2D eigenvalue weighted by Crippen LogP contribution is -2.02. The monoisotopic (exact) mass is 249 g/mol. The summed E-state index contributed by atoms with van der Waals surface area (Å²) in [5.41, 5.74) is 8.79. The number of nitrogens with zero attached hydrogens (tertiary/aromatic N) is 2. The third-order valence-corrected chi connectivity index (χ3v) is 3.43. The Balaban J connectivity index is 2.19. The minimum atomic E-state index is 0.552. The van der Waals surface area contributed by atoms with Gasteiger partial charge >= 0.3 is 0 Å². The van der Waals surface area contributed by atoms with Crippen molar-refractivity contribution in [2.24, 2.45) is 0 Å². The van der Waals surface area contributed by atoms with Gasteiger partial charge in [-0.1, -0.05) is 36.4 Å². The van der Waals surface area contributed by atoms with E-state index in [-0.39, 0.29) is 0 Å². The average molecular weight is 249 g/mol. The van der Waals surface area contributed by atoms with E-state index in [9.17, 15) is 0 Å². The molecule has 0 saturated carbocycles. The van der Waals surface area contributed by atoms with Gasteiger partial charge in [-0.15, -0.1) is 0 Å². The van der Waals surface area contributed by atoms with Crippen molar-refractivity contribution < 1.29 is 0 Å². The Morgan fingerprint density at radius 2 is 1.63 bits per heavy atom. The number of fused-ring (bicyclic) bond motifs is 1. The second kappa shape index (κ2) is 4.35. The van der Waals surface area contributed by atoms with E-state index in [1.807, 2.05) is 32.0 Å². The Labute approximate surface area is 112 Å². The molecule has 0 radical (unpaired) electrons. The van der Waals surface area contributed by atoms with Crippen LogP contribution in [0.25, 0.3) is 22.2 Å². The fraction of sp³-hybridized carbons (Fsp3) is 0.125. The lowest BCUT2D eigenvalue weighted by Gasteiger charge is -2.07. The largest absolute Gasteiger partial charge is 0.383 e. The fourth-order valence-electron chi connectivity index (χ4n) is 2.11. The first kappa shape index (κ1) is 11.7. The quantitative estimate of drug-likeness (QED) is 0.718. The molecule has 0 aliphatic rings. The highest BCUT2D eigenvalue weighted by molar-refractivity contribution is 5.86. The smallest absolute Gasteiger partial charge is 0.161 e. The molecule has 0 saturated heterocycles. The molecule has 0 aliphatic heterocycles. The van der Waals surface area contributed by atoms with Gasteiger partial charge in [0.2, 0.25) is 0 Å². The van der Waals surface area contributed by atoms with Crippen LogP contribution in [0, 0.1) is 13.8 Å². The van der Waals surface area contributed by atoms with E-state index < -0.39 is 0 Å². The summed E-state index contributed by atoms with van der Waals surface area (Å²) in [5.74, 6) is 1.24. The Bertz CT molecular complexity index is 740. The lowest BCUT2D eigenvalue weighted by atomic mass is 10.1. The molecule has 0 spiro atoms. The lowest BCUT2D eigenvalue weighted by molar-refractivity contribution is 1.08. The molecule has 0 fully saturated rings. The van der Waals surface area contributed by atoms with Gasteiger partial charge in [-0.3, -0.25) is 0 Å². The van der Waals surface area contributed by atoms with Gasteiger partial charge in [0.15, 0.2) is 5.82 Å². The van der Waals surface area contributed by atoms with E-state index in [0.717, 1.165) is 16.8 Å². The fourth-order valence-corrected chi connectivity index (χ4v) is 2.11. The predicted octanol–water partition coefficient (Wildman–Crippen LogP) is 3.50. The van der Waals surface area contributed by atoms with Gasteiger partial charge in [-0.25, -0.2) is 9.97 Å². The van der Waals surface area contributed by atoms with Crippen molar-refractivity contribution in [3.8, 4) is 11.4 Å². The summed E-state index contributed by atoms with van der Waals surface area (Å²) in [6, 6.07) is 14.5. The molecule has 3 rings (SSSR count). The molecule has 1 heterocycles. The molecule has 0 aliphatic carbocycles. The molecule has 0 atom stereocenters. The molecular formula is C16H15N3. The third kappa shape index (κ3) is 2.03. The van der Waals surface area contributed by atoms with Gasteiger partial charge in [-0.2, -0.15) is 0 Å². The summed E-state index contributed by atoms with van der Waals surface area (Å²) < 4.78 is 0. The second-order valence-corrected chi connectivity index (χ2v) is 4.70. The standard InChI is InChI=1S/C16H15N3/c1-10-11(2)18-16(19-15(10)17)14-8-7-12-5-3-4-6-13(12)9-14/h3-9H,1-2H3,(H2,17,18,19). The zero-order valence-corrected chi connectivity index (χ0v) is 11.0. The maximum absolute atomic E-state index is 5.92. The molecule has 2 aromatic carbocycles. The van der Waals surface area contributed by atoms with Crippen molar-refractivity contribution in [3.05, 3.63) is 53.7 Å². The van der Waals surface area contributed by atoms with Crippen LogP contribution in [-0.4, -0.2) is 9.97 Å². The van der Waals surface area contributed by atoms with Crippen LogP contribution in [0.5, 0.6) is 0 Å². The molecule has 1 aromatic heterocycles. The molecule has 0 bridgehead atoms. The molecule has 0 unspecified atom stereocenters. The summed E-state index contributed by atoms with van der Waals surface area (Å²) in [6.07, 6.45) is 0. The zero-order chi connectivity index (χ0) is 13.4. The predicted molar refractivity (Wildman–Crippen MR) is 78.9 cm³/mol. The van der Waals surface area contributed by atoms with Crippen molar-refractivity contribution in [2.75, 3.05) is 5.73 Å². The summed E-state index contributed by atoms with van der Waals surface area (Å²) in [5, 5.41) is 2.39. The second-order valence-electron chi connectivity index (χ2n) is 4.70. The van der Waals surface area contributed by atoms with Gasteiger partial charge in [-0.05, 0) is 30.7 Å². The highest BCUT2D eigenvalue weighted by atomic mass is 15.0. The van der Waals surface area contributed by atoms with Crippen LogP contribution in [0.3, 0.4) is 0 Å². The first-order valence-electron chi connectivity index (χ1n) is 6.25.